The van der Waals surface area contributed by atoms with Crippen molar-refractivity contribution in [2.45, 2.75) is 36.6 Å². The number of aliphatic hydroxyl groups is 1. The molecule has 2 aliphatic rings. The molecule has 1 atom stereocenters. The van der Waals surface area contributed by atoms with Crippen LogP contribution in [0.3, 0.4) is 0 Å². The van der Waals surface area contributed by atoms with Crippen LogP contribution in [0.5, 0.6) is 0 Å². The van der Waals surface area contributed by atoms with Crippen LogP contribution in [-0.4, -0.2) is 31.4 Å². The number of hydrogen-bond donors (Lipinski definition) is 1. The zero-order valence-corrected chi connectivity index (χ0v) is 14.1. The molecule has 1 heterocycles. The van der Waals surface area contributed by atoms with Gasteiger partial charge in [-0.15, -0.1) is 0 Å². The molecule has 5 nitrogen and oxygen atoms in total. The van der Waals surface area contributed by atoms with Gasteiger partial charge in [-0.3, -0.25) is 4.31 Å². The summed E-state index contributed by atoms with van der Waals surface area (Å²) < 4.78 is 65.1. The van der Waals surface area contributed by atoms with Crippen molar-refractivity contribution >= 4 is 15.7 Å². The normalized spacial score (nSPS) is 26.3. The Balaban J connectivity index is 2.05. The highest BCUT2D eigenvalue weighted by Gasteiger charge is 2.58. The minimum absolute atomic E-state index is 0.0165. The Labute approximate surface area is 143 Å². The first-order chi connectivity index (χ1) is 11.7. The molecular weight excluding hydrogens is 357 g/mol. The summed E-state index contributed by atoms with van der Waals surface area (Å²) in [5.74, 6) is -0.173. The Hall–Kier alpha value is -1.79. The van der Waals surface area contributed by atoms with E-state index in [2.05, 4.69) is 0 Å². The van der Waals surface area contributed by atoms with Crippen molar-refractivity contribution in [1.29, 1.82) is 5.26 Å². The first-order valence-electron chi connectivity index (χ1n) is 7.92. The highest BCUT2D eigenvalue weighted by Crippen LogP contribution is 2.49. The third-order valence-electron chi connectivity index (χ3n) is 5.38. The van der Waals surface area contributed by atoms with Gasteiger partial charge in [0.1, 0.15) is 4.75 Å². The van der Waals surface area contributed by atoms with E-state index in [4.69, 9.17) is 5.26 Å². The van der Waals surface area contributed by atoms with Gasteiger partial charge >= 0.3 is 6.18 Å². The molecule has 0 amide bonds. The van der Waals surface area contributed by atoms with Crippen molar-refractivity contribution in [2.75, 3.05) is 17.5 Å². The smallest absolute Gasteiger partial charge is 0.395 e. The maximum atomic E-state index is 13.1. The van der Waals surface area contributed by atoms with Crippen molar-refractivity contribution in [2.24, 2.45) is 5.92 Å². The lowest BCUT2D eigenvalue weighted by molar-refractivity contribution is -0.137. The highest BCUT2D eigenvalue weighted by atomic mass is 32.2. The molecule has 9 heteroatoms. The fourth-order valence-corrected chi connectivity index (χ4v) is 6.02. The summed E-state index contributed by atoms with van der Waals surface area (Å²) in [6.45, 7) is -0.526. The highest BCUT2D eigenvalue weighted by molar-refractivity contribution is 7.94. The lowest BCUT2D eigenvalue weighted by atomic mass is 9.74. The van der Waals surface area contributed by atoms with Gasteiger partial charge in [0.15, 0.2) is 0 Å². The first kappa shape index (κ1) is 18.0. The molecule has 0 bridgehead atoms. The molecule has 1 aromatic carbocycles. The molecule has 1 aliphatic heterocycles. The van der Waals surface area contributed by atoms with Crippen LogP contribution in [0.1, 0.15) is 36.8 Å². The predicted octanol–water partition coefficient (Wildman–Crippen LogP) is 2.65. The van der Waals surface area contributed by atoms with Crippen LogP contribution >= 0.6 is 0 Å². The number of sulfonamides is 1. The standard InChI is InChI=1S/C16H17F3N2O3S/c17-16(18,19)14-8-13(5-4-11(14)9-20)21-7-6-15(10-22,25(21,23)24)12-2-1-3-12/h4-5,8,12,22H,1-3,6-7,10H2/t15-/m1/s1. The second-order valence-electron chi connectivity index (χ2n) is 6.52. The van der Waals surface area contributed by atoms with Gasteiger partial charge in [-0.05, 0) is 43.4 Å². The van der Waals surface area contributed by atoms with Crippen molar-refractivity contribution in [1.82, 2.24) is 0 Å². The molecule has 2 fully saturated rings. The van der Waals surface area contributed by atoms with E-state index in [1.54, 1.807) is 0 Å². The van der Waals surface area contributed by atoms with Crippen LogP contribution in [0.15, 0.2) is 18.2 Å². The predicted molar refractivity (Wildman–Crippen MR) is 84.2 cm³/mol. The number of nitrogens with zero attached hydrogens (tertiary/aromatic N) is 2. The van der Waals surface area contributed by atoms with Gasteiger partial charge in [0, 0.05) is 6.54 Å². The van der Waals surface area contributed by atoms with E-state index in [1.807, 2.05) is 0 Å². The Kier molecular flexibility index (Phi) is 4.24. The van der Waals surface area contributed by atoms with Gasteiger partial charge in [0.05, 0.1) is 29.5 Å². The molecule has 1 saturated carbocycles. The maximum absolute atomic E-state index is 13.1. The number of aliphatic hydroxyl groups excluding tert-OH is 1. The van der Waals surface area contributed by atoms with Gasteiger partial charge in [0.25, 0.3) is 0 Å². The fraction of sp³-hybridized carbons (Fsp3) is 0.562. The summed E-state index contributed by atoms with van der Waals surface area (Å²) in [6, 6.07) is 4.37. The summed E-state index contributed by atoms with van der Waals surface area (Å²) in [5, 5.41) is 18.6. The maximum Gasteiger partial charge on any atom is 0.417 e. The number of rotatable bonds is 3. The number of hydrogen-bond acceptors (Lipinski definition) is 4. The topological polar surface area (TPSA) is 81.4 Å². The molecule has 1 saturated heterocycles. The zero-order valence-electron chi connectivity index (χ0n) is 13.3. The van der Waals surface area contributed by atoms with Gasteiger partial charge in [-0.2, -0.15) is 18.4 Å². The second kappa shape index (κ2) is 5.88. The lowest BCUT2D eigenvalue weighted by Crippen LogP contribution is -2.51. The van der Waals surface area contributed by atoms with Crippen LogP contribution in [0.4, 0.5) is 18.9 Å². The molecule has 0 aromatic heterocycles. The quantitative estimate of drug-likeness (QED) is 0.882. The minimum Gasteiger partial charge on any atom is -0.395 e. The van der Waals surface area contributed by atoms with Gasteiger partial charge in [-0.25, -0.2) is 8.42 Å². The Morgan fingerprint density at radius 1 is 1.36 bits per heavy atom. The van der Waals surface area contributed by atoms with E-state index in [-0.39, 0.29) is 24.6 Å². The van der Waals surface area contributed by atoms with E-state index >= 15 is 0 Å². The van der Waals surface area contributed by atoms with Gasteiger partial charge < -0.3 is 5.11 Å². The summed E-state index contributed by atoms with van der Waals surface area (Å²) >= 11 is 0. The number of anilines is 1. The summed E-state index contributed by atoms with van der Waals surface area (Å²) in [5.41, 5.74) is -1.84. The van der Waals surface area contributed by atoms with Crippen LogP contribution in [0.2, 0.25) is 0 Å². The first-order valence-corrected chi connectivity index (χ1v) is 9.36. The third-order valence-corrected chi connectivity index (χ3v) is 8.04. The molecule has 25 heavy (non-hydrogen) atoms. The van der Waals surface area contributed by atoms with Crippen molar-refractivity contribution in [3.8, 4) is 6.07 Å². The summed E-state index contributed by atoms with van der Waals surface area (Å²) in [7, 11) is -4.00. The molecule has 1 aliphatic carbocycles. The Bertz CT molecular complexity index is 828. The van der Waals surface area contributed by atoms with E-state index in [9.17, 15) is 26.7 Å². The number of nitriles is 1. The van der Waals surface area contributed by atoms with Crippen molar-refractivity contribution in [3.63, 3.8) is 0 Å². The zero-order chi connectivity index (χ0) is 18.5. The van der Waals surface area contributed by atoms with E-state index in [0.717, 1.165) is 16.8 Å². The largest absolute Gasteiger partial charge is 0.417 e. The molecule has 0 spiro atoms. The monoisotopic (exact) mass is 374 g/mol. The molecular formula is C16H17F3N2O3S. The number of halogens is 3. The van der Waals surface area contributed by atoms with Crippen molar-refractivity contribution in [3.05, 3.63) is 29.3 Å². The van der Waals surface area contributed by atoms with Crippen LogP contribution in [-0.2, 0) is 16.2 Å². The fourth-order valence-electron chi connectivity index (χ4n) is 3.69. The molecule has 1 N–H and O–H groups in total. The number of benzene rings is 1. The Morgan fingerprint density at radius 3 is 2.52 bits per heavy atom. The molecule has 136 valence electrons. The molecule has 1 aromatic rings. The summed E-state index contributed by atoms with van der Waals surface area (Å²) in [6.07, 6.45) is -2.31. The molecule has 0 unspecified atom stereocenters. The SMILES string of the molecule is N#Cc1ccc(N2CC[C@@](CO)(C3CCC3)S2(=O)=O)cc1C(F)(F)F. The van der Waals surface area contributed by atoms with E-state index < -0.39 is 38.7 Å². The van der Waals surface area contributed by atoms with Crippen LogP contribution in [0, 0.1) is 17.2 Å². The van der Waals surface area contributed by atoms with Crippen LogP contribution < -0.4 is 4.31 Å². The van der Waals surface area contributed by atoms with Crippen molar-refractivity contribution < 1.29 is 26.7 Å². The van der Waals surface area contributed by atoms with E-state index in [0.29, 0.717) is 18.9 Å². The Morgan fingerprint density at radius 2 is 2.04 bits per heavy atom. The van der Waals surface area contributed by atoms with Crippen LogP contribution in [0.25, 0.3) is 0 Å². The van der Waals surface area contributed by atoms with Gasteiger partial charge in [-0.1, -0.05) is 6.42 Å². The average Bonchev–Trinajstić information content (AvgIpc) is 2.76. The van der Waals surface area contributed by atoms with Gasteiger partial charge in [0.2, 0.25) is 10.0 Å². The number of alkyl halides is 3. The molecule has 3 rings (SSSR count). The van der Waals surface area contributed by atoms with E-state index in [1.165, 1.54) is 12.1 Å². The second-order valence-corrected chi connectivity index (χ2v) is 8.72. The molecule has 0 radical (unpaired) electrons. The lowest BCUT2D eigenvalue weighted by Gasteiger charge is -2.40. The minimum atomic E-state index is -4.76. The third kappa shape index (κ3) is 2.59. The summed E-state index contributed by atoms with van der Waals surface area (Å²) in [4.78, 5) is 0. The average molecular weight is 374 g/mol.